The highest BCUT2D eigenvalue weighted by molar-refractivity contribution is 5.94. The van der Waals surface area contributed by atoms with E-state index in [4.69, 9.17) is 9.47 Å². The van der Waals surface area contributed by atoms with Crippen LogP contribution in [-0.4, -0.2) is 59.0 Å². The van der Waals surface area contributed by atoms with Gasteiger partial charge in [-0.1, -0.05) is 6.08 Å². The fourth-order valence-electron chi connectivity index (χ4n) is 3.12. The topological polar surface area (TPSA) is 64.6 Å². The largest absolute Gasteiger partial charge is 0.374 e. The number of carbonyl (C=O) groups is 1. The van der Waals surface area contributed by atoms with E-state index in [1.165, 1.54) is 12.4 Å². The van der Waals surface area contributed by atoms with Crippen molar-refractivity contribution in [2.24, 2.45) is 0 Å². The molecule has 21 heavy (non-hydrogen) atoms. The van der Waals surface area contributed by atoms with Gasteiger partial charge in [-0.05, 0) is 18.9 Å². The SMILES string of the molecule is C=CCO[C@@H]1[C@H]2CC[C@H]1OCCN2C(=O)c1ccnnc1. The van der Waals surface area contributed by atoms with Crippen molar-refractivity contribution < 1.29 is 14.3 Å². The van der Waals surface area contributed by atoms with Gasteiger partial charge < -0.3 is 14.4 Å². The van der Waals surface area contributed by atoms with E-state index in [0.717, 1.165) is 12.8 Å². The quantitative estimate of drug-likeness (QED) is 0.775. The third kappa shape index (κ3) is 2.82. The summed E-state index contributed by atoms with van der Waals surface area (Å²) in [7, 11) is 0. The van der Waals surface area contributed by atoms with Crippen molar-refractivity contribution in [2.75, 3.05) is 19.8 Å². The summed E-state index contributed by atoms with van der Waals surface area (Å²) in [5.74, 6) is -0.0340. The Morgan fingerprint density at radius 3 is 3.19 bits per heavy atom. The van der Waals surface area contributed by atoms with Crippen molar-refractivity contribution in [1.82, 2.24) is 15.1 Å². The van der Waals surface area contributed by atoms with Gasteiger partial charge in [-0.2, -0.15) is 10.2 Å². The molecule has 3 rings (SSSR count). The van der Waals surface area contributed by atoms with Crippen LogP contribution >= 0.6 is 0 Å². The molecular weight excluding hydrogens is 270 g/mol. The van der Waals surface area contributed by atoms with Gasteiger partial charge >= 0.3 is 0 Å². The average molecular weight is 289 g/mol. The van der Waals surface area contributed by atoms with Gasteiger partial charge in [0, 0.05) is 6.54 Å². The Morgan fingerprint density at radius 1 is 1.52 bits per heavy atom. The first-order valence-corrected chi connectivity index (χ1v) is 7.23. The molecule has 112 valence electrons. The molecule has 0 N–H and O–H groups in total. The predicted octanol–water partition coefficient (Wildman–Crippen LogP) is 1.05. The van der Waals surface area contributed by atoms with Gasteiger partial charge in [0.2, 0.25) is 0 Å². The highest BCUT2D eigenvalue weighted by Crippen LogP contribution is 2.32. The van der Waals surface area contributed by atoms with Crippen molar-refractivity contribution in [3.63, 3.8) is 0 Å². The van der Waals surface area contributed by atoms with Crippen molar-refractivity contribution >= 4 is 5.91 Å². The molecule has 1 saturated heterocycles. The summed E-state index contributed by atoms with van der Waals surface area (Å²) in [4.78, 5) is 14.5. The maximum absolute atomic E-state index is 12.7. The molecule has 6 nitrogen and oxygen atoms in total. The van der Waals surface area contributed by atoms with E-state index >= 15 is 0 Å². The Labute approximate surface area is 123 Å². The lowest BCUT2D eigenvalue weighted by Gasteiger charge is -2.31. The van der Waals surface area contributed by atoms with Crippen LogP contribution in [0.4, 0.5) is 0 Å². The summed E-state index contributed by atoms with van der Waals surface area (Å²) < 4.78 is 11.7. The van der Waals surface area contributed by atoms with Gasteiger partial charge in [0.1, 0.15) is 6.10 Å². The van der Waals surface area contributed by atoms with Crippen LogP contribution in [0.3, 0.4) is 0 Å². The highest BCUT2D eigenvalue weighted by atomic mass is 16.5. The van der Waals surface area contributed by atoms with Crippen LogP contribution in [0.5, 0.6) is 0 Å². The predicted molar refractivity (Wildman–Crippen MR) is 75.8 cm³/mol. The lowest BCUT2D eigenvalue weighted by molar-refractivity contribution is -0.0434. The van der Waals surface area contributed by atoms with Crippen molar-refractivity contribution in [3.05, 3.63) is 36.7 Å². The highest BCUT2D eigenvalue weighted by Gasteiger charge is 2.44. The van der Waals surface area contributed by atoms with Gasteiger partial charge in [-0.15, -0.1) is 6.58 Å². The molecule has 2 heterocycles. The number of hydrogen-bond acceptors (Lipinski definition) is 5. The van der Waals surface area contributed by atoms with Crippen LogP contribution < -0.4 is 0 Å². The summed E-state index contributed by atoms with van der Waals surface area (Å²) in [6, 6.07) is 1.74. The third-order valence-electron chi connectivity index (χ3n) is 4.06. The van der Waals surface area contributed by atoms with Crippen molar-refractivity contribution in [2.45, 2.75) is 31.1 Å². The monoisotopic (exact) mass is 289 g/mol. The Bertz CT molecular complexity index is 508. The molecule has 0 spiro atoms. The fourth-order valence-corrected chi connectivity index (χ4v) is 3.12. The molecule has 3 atom stereocenters. The molecule has 6 heteroatoms. The first kappa shape index (κ1) is 14.2. The van der Waals surface area contributed by atoms with Gasteiger partial charge in [0.25, 0.3) is 5.91 Å². The van der Waals surface area contributed by atoms with Crippen LogP contribution in [-0.2, 0) is 9.47 Å². The maximum Gasteiger partial charge on any atom is 0.255 e. The number of nitrogens with zero attached hydrogens (tertiary/aromatic N) is 3. The first-order chi connectivity index (χ1) is 10.3. The molecule has 0 aromatic carbocycles. The summed E-state index contributed by atoms with van der Waals surface area (Å²) in [5, 5.41) is 7.49. The lowest BCUT2D eigenvalue weighted by Crippen LogP contribution is -2.46. The van der Waals surface area contributed by atoms with E-state index in [-0.39, 0.29) is 24.2 Å². The number of ether oxygens (including phenoxy) is 2. The Balaban J connectivity index is 1.81. The lowest BCUT2D eigenvalue weighted by atomic mass is 10.1. The standard InChI is InChI=1S/C15H19N3O3/c1-2-8-21-14-12-3-4-13(14)20-9-7-18(12)15(19)11-5-6-16-17-10-11/h2,5-6,10,12-14H,1,3-4,7-9H2/t12-,13-,14-/m1/s1. The van der Waals surface area contributed by atoms with Crippen molar-refractivity contribution in [3.8, 4) is 0 Å². The molecule has 1 amide bonds. The molecule has 0 unspecified atom stereocenters. The molecule has 1 saturated carbocycles. The van der Waals surface area contributed by atoms with E-state index in [1.807, 2.05) is 4.90 Å². The summed E-state index contributed by atoms with van der Waals surface area (Å²) in [5.41, 5.74) is 0.554. The van der Waals surface area contributed by atoms with Gasteiger partial charge in [0.15, 0.2) is 0 Å². The molecule has 2 aliphatic rings. The van der Waals surface area contributed by atoms with Crippen LogP contribution in [0.1, 0.15) is 23.2 Å². The molecule has 1 aromatic heterocycles. The second-order valence-corrected chi connectivity index (χ2v) is 5.27. The van der Waals surface area contributed by atoms with Crippen LogP contribution in [0.15, 0.2) is 31.1 Å². The van der Waals surface area contributed by atoms with Gasteiger partial charge in [0.05, 0.1) is 43.3 Å². The Hall–Kier alpha value is -1.79. The molecular formula is C15H19N3O3. The molecule has 1 aliphatic heterocycles. The molecule has 0 radical (unpaired) electrons. The molecule has 1 aliphatic carbocycles. The smallest absolute Gasteiger partial charge is 0.255 e. The zero-order valence-electron chi connectivity index (χ0n) is 11.9. The minimum Gasteiger partial charge on any atom is -0.374 e. The summed E-state index contributed by atoms with van der Waals surface area (Å²) in [6.45, 7) is 5.27. The van der Waals surface area contributed by atoms with E-state index in [2.05, 4.69) is 16.8 Å². The maximum atomic E-state index is 12.7. The Morgan fingerprint density at radius 2 is 2.43 bits per heavy atom. The van der Waals surface area contributed by atoms with Crippen LogP contribution in [0, 0.1) is 0 Å². The Kier molecular flexibility index (Phi) is 4.26. The zero-order valence-corrected chi connectivity index (χ0v) is 11.9. The van der Waals surface area contributed by atoms with Crippen LogP contribution in [0.25, 0.3) is 0 Å². The number of carbonyl (C=O) groups excluding carboxylic acids is 1. The average Bonchev–Trinajstić information content (AvgIpc) is 2.81. The second kappa shape index (κ2) is 6.32. The normalized spacial score (nSPS) is 28.2. The number of hydrogen-bond donors (Lipinski definition) is 0. The third-order valence-corrected chi connectivity index (χ3v) is 4.06. The number of aromatic nitrogens is 2. The fraction of sp³-hybridized carbons (Fsp3) is 0.533. The second-order valence-electron chi connectivity index (χ2n) is 5.27. The van der Waals surface area contributed by atoms with Gasteiger partial charge in [-0.3, -0.25) is 4.79 Å². The van der Waals surface area contributed by atoms with E-state index in [1.54, 1.807) is 12.1 Å². The minimum atomic E-state index is -0.0794. The molecule has 2 bridgehead atoms. The van der Waals surface area contributed by atoms with Gasteiger partial charge in [-0.25, -0.2) is 0 Å². The van der Waals surface area contributed by atoms with E-state index in [0.29, 0.717) is 25.3 Å². The van der Waals surface area contributed by atoms with Crippen molar-refractivity contribution in [1.29, 1.82) is 0 Å². The van der Waals surface area contributed by atoms with Crippen LogP contribution in [0.2, 0.25) is 0 Å². The number of rotatable bonds is 4. The first-order valence-electron chi connectivity index (χ1n) is 7.23. The van der Waals surface area contributed by atoms with E-state index in [9.17, 15) is 4.79 Å². The van der Waals surface area contributed by atoms with E-state index < -0.39 is 0 Å². The molecule has 1 aromatic rings. The minimum absolute atomic E-state index is 0.0340. The summed E-state index contributed by atoms with van der Waals surface area (Å²) in [6.07, 6.45) is 6.57. The number of amides is 1. The zero-order chi connectivity index (χ0) is 14.7. The summed E-state index contributed by atoms with van der Waals surface area (Å²) >= 11 is 0. The molecule has 2 fully saturated rings. The number of fused-ring (bicyclic) bond motifs is 2.